The van der Waals surface area contributed by atoms with Gasteiger partial charge < -0.3 is 10.3 Å². The first-order valence-corrected chi connectivity index (χ1v) is 8.38. The molecule has 2 rings (SSSR count). The molecule has 22 heavy (non-hydrogen) atoms. The molecule has 1 unspecified atom stereocenters. The SMILES string of the molecule is Cc1cc(Cl)c([S+]([O-])CC(F)(F)F)cc1/N=C(\N)C1(Cl)CC1. The minimum absolute atomic E-state index is 0.00427. The molecule has 1 aliphatic rings. The van der Waals surface area contributed by atoms with Crippen molar-refractivity contribution in [3.05, 3.63) is 22.7 Å². The molecule has 0 aliphatic heterocycles. The number of nitrogens with zero attached hydrogens (tertiary/aromatic N) is 1. The Balaban J connectivity index is 2.35. The van der Waals surface area contributed by atoms with E-state index in [-0.39, 0.29) is 15.8 Å². The van der Waals surface area contributed by atoms with E-state index in [2.05, 4.69) is 4.99 Å². The molecule has 1 saturated carbocycles. The molecule has 1 fully saturated rings. The van der Waals surface area contributed by atoms with Gasteiger partial charge in [0.2, 0.25) is 5.75 Å². The fourth-order valence-corrected chi connectivity index (χ4v) is 3.34. The predicted molar refractivity (Wildman–Crippen MR) is 82.6 cm³/mol. The molecule has 0 spiro atoms. The Bertz CT molecular complexity index is 618. The minimum Gasteiger partial charge on any atom is -0.611 e. The highest BCUT2D eigenvalue weighted by atomic mass is 35.5. The molecule has 0 radical (unpaired) electrons. The van der Waals surface area contributed by atoms with Crippen molar-refractivity contribution in [1.82, 2.24) is 0 Å². The average Bonchev–Trinajstić information content (AvgIpc) is 3.09. The van der Waals surface area contributed by atoms with E-state index < -0.39 is 28.0 Å². The maximum atomic E-state index is 12.4. The Morgan fingerprint density at radius 1 is 1.45 bits per heavy atom. The number of alkyl halides is 4. The topological polar surface area (TPSA) is 61.4 Å². The Labute approximate surface area is 138 Å². The number of hydrogen-bond acceptors (Lipinski definition) is 2. The third-order valence-electron chi connectivity index (χ3n) is 3.18. The lowest BCUT2D eigenvalue weighted by molar-refractivity contribution is -0.106. The first-order valence-electron chi connectivity index (χ1n) is 6.31. The van der Waals surface area contributed by atoms with Gasteiger partial charge in [0.15, 0.2) is 4.90 Å². The van der Waals surface area contributed by atoms with Crippen LogP contribution in [-0.2, 0) is 11.2 Å². The number of hydrogen-bond donors (Lipinski definition) is 1. The van der Waals surface area contributed by atoms with Gasteiger partial charge in [-0.1, -0.05) is 11.6 Å². The third-order valence-corrected chi connectivity index (χ3v) is 5.59. The summed E-state index contributed by atoms with van der Waals surface area (Å²) in [5.41, 5.74) is 6.74. The summed E-state index contributed by atoms with van der Waals surface area (Å²) in [5, 5.41) is 0.00427. The summed E-state index contributed by atoms with van der Waals surface area (Å²) < 4.78 is 49.0. The van der Waals surface area contributed by atoms with Crippen molar-refractivity contribution in [3.63, 3.8) is 0 Å². The first kappa shape index (κ1) is 17.7. The van der Waals surface area contributed by atoms with Crippen LogP contribution in [0.25, 0.3) is 0 Å². The van der Waals surface area contributed by atoms with Crippen molar-refractivity contribution in [2.24, 2.45) is 10.7 Å². The van der Waals surface area contributed by atoms with E-state index in [0.29, 0.717) is 24.1 Å². The van der Waals surface area contributed by atoms with Gasteiger partial charge in [-0.15, -0.1) is 11.6 Å². The van der Waals surface area contributed by atoms with Gasteiger partial charge in [0.1, 0.15) is 10.7 Å². The quantitative estimate of drug-likeness (QED) is 0.374. The highest BCUT2D eigenvalue weighted by molar-refractivity contribution is 7.91. The second-order valence-electron chi connectivity index (χ2n) is 5.14. The lowest BCUT2D eigenvalue weighted by Gasteiger charge is -2.15. The lowest BCUT2D eigenvalue weighted by atomic mass is 10.2. The van der Waals surface area contributed by atoms with Gasteiger partial charge in [0, 0.05) is 6.07 Å². The van der Waals surface area contributed by atoms with Gasteiger partial charge in [0.05, 0.1) is 10.7 Å². The second-order valence-corrected chi connectivity index (χ2v) is 7.69. The summed E-state index contributed by atoms with van der Waals surface area (Å²) in [7, 11) is 0. The maximum Gasteiger partial charge on any atom is 0.433 e. The summed E-state index contributed by atoms with van der Waals surface area (Å²) in [4.78, 5) is 3.38. The van der Waals surface area contributed by atoms with Crippen molar-refractivity contribution in [3.8, 4) is 0 Å². The van der Waals surface area contributed by atoms with Crippen molar-refractivity contribution < 1.29 is 17.7 Å². The highest BCUT2D eigenvalue weighted by Gasteiger charge is 2.45. The largest absolute Gasteiger partial charge is 0.611 e. The standard InChI is InChI=1S/C13H13Cl2F3N2OS/c1-7-4-8(14)10(22(21)6-13(16,17)18)5-9(7)20-11(19)12(15)2-3-12/h4-5H,2-3,6H2,1H3,(H2,19,20). The summed E-state index contributed by atoms with van der Waals surface area (Å²) in [5.74, 6) is -1.26. The number of benzene rings is 1. The lowest BCUT2D eigenvalue weighted by Crippen LogP contribution is -2.25. The van der Waals surface area contributed by atoms with Crippen molar-refractivity contribution in [1.29, 1.82) is 0 Å². The number of aryl methyl sites for hydroxylation is 1. The summed E-state index contributed by atoms with van der Waals surface area (Å²) in [6.45, 7) is 1.68. The van der Waals surface area contributed by atoms with Gasteiger partial charge in [-0.05, 0) is 42.6 Å². The zero-order valence-corrected chi connectivity index (χ0v) is 13.8. The summed E-state index contributed by atoms with van der Waals surface area (Å²) >= 11 is 9.72. The number of rotatable bonds is 4. The van der Waals surface area contributed by atoms with Crippen molar-refractivity contribution in [2.45, 2.75) is 35.7 Å². The molecule has 1 aromatic rings. The highest BCUT2D eigenvalue weighted by Crippen LogP contribution is 2.43. The van der Waals surface area contributed by atoms with Crippen LogP contribution >= 0.6 is 23.2 Å². The van der Waals surface area contributed by atoms with Crippen LogP contribution in [0.15, 0.2) is 22.0 Å². The van der Waals surface area contributed by atoms with E-state index in [0.717, 1.165) is 0 Å². The maximum absolute atomic E-state index is 12.4. The Kier molecular flexibility index (Phi) is 4.92. The van der Waals surface area contributed by atoms with Crippen LogP contribution in [0.2, 0.25) is 5.02 Å². The molecule has 0 heterocycles. The van der Waals surface area contributed by atoms with Crippen LogP contribution in [-0.4, -0.2) is 27.2 Å². The van der Waals surface area contributed by atoms with Gasteiger partial charge in [0.25, 0.3) is 0 Å². The zero-order valence-electron chi connectivity index (χ0n) is 11.5. The fourth-order valence-electron chi connectivity index (χ4n) is 1.76. The molecule has 1 atom stereocenters. The molecule has 0 bridgehead atoms. The van der Waals surface area contributed by atoms with Crippen LogP contribution in [0.1, 0.15) is 18.4 Å². The molecule has 9 heteroatoms. The van der Waals surface area contributed by atoms with E-state index in [1.54, 1.807) is 6.92 Å². The molecule has 2 N–H and O–H groups in total. The van der Waals surface area contributed by atoms with Crippen molar-refractivity contribution in [2.75, 3.05) is 5.75 Å². The number of aliphatic imine (C=N–C) groups is 1. The summed E-state index contributed by atoms with van der Waals surface area (Å²) in [6, 6.07) is 2.69. The summed E-state index contributed by atoms with van der Waals surface area (Å²) in [6.07, 6.45) is -3.15. The fraction of sp³-hybridized carbons (Fsp3) is 0.462. The molecular weight excluding hydrogens is 360 g/mol. The van der Waals surface area contributed by atoms with E-state index in [9.17, 15) is 17.7 Å². The zero-order chi connectivity index (χ0) is 16.7. The van der Waals surface area contributed by atoms with Gasteiger partial charge >= 0.3 is 6.18 Å². The van der Waals surface area contributed by atoms with E-state index in [1.165, 1.54) is 12.1 Å². The monoisotopic (exact) mass is 372 g/mol. The molecule has 3 nitrogen and oxygen atoms in total. The molecule has 0 amide bonds. The van der Waals surface area contributed by atoms with Gasteiger partial charge in [-0.3, -0.25) is 0 Å². The Morgan fingerprint density at radius 2 is 2.05 bits per heavy atom. The van der Waals surface area contributed by atoms with E-state index >= 15 is 0 Å². The Morgan fingerprint density at radius 3 is 2.55 bits per heavy atom. The smallest absolute Gasteiger partial charge is 0.433 e. The minimum atomic E-state index is -4.55. The molecule has 1 aliphatic carbocycles. The van der Waals surface area contributed by atoms with Gasteiger partial charge in [-0.25, -0.2) is 4.99 Å². The van der Waals surface area contributed by atoms with E-state index in [4.69, 9.17) is 28.9 Å². The third kappa shape index (κ3) is 4.22. The molecule has 0 aromatic heterocycles. The average molecular weight is 373 g/mol. The van der Waals surface area contributed by atoms with Crippen LogP contribution in [0.3, 0.4) is 0 Å². The molecule has 0 saturated heterocycles. The van der Waals surface area contributed by atoms with Crippen LogP contribution < -0.4 is 5.73 Å². The van der Waals surface area contributed by atoms with Crippen LogP contribution in [0.5, 0.6) is 0 Å². The number of halogens is 5. The van der Waals surface area contributed by atoms with Crippen LogP contribution in [0, 0.1) is 6.92 Å². The van der Waals surface area contributed by atoms with E-state index in [1.807, 2.05) is 0 Å². The molecule has 1 aromatic carbocycles. The Hall–Kier alpha value is -0.630. The number of amidine groups is 1. The van der Waals surface area contributed by atoms with Gasteiger partial charge in [-0.2, -0.15) is 13.2 Å². The second kappa shape index (κ2) is 6.11. The van der Waals surface area contributed by atoms with Crippen molar-refractivity contribution >= 4 is 45.9 Å². The molecular formula is C13H13Cl2F3N2OS. The number of nitrogens with two attached hydrogens (primary N) is 1. The van der Waals surface area contributed by atoms with Crippen LogP contribution in [0.4, 0.5) is 18.9 Å². The predicted octanol–water partition coefficient (Wildman–Crippen LogP) is 4.08. The first-order chi connectivity index (χ1) is 10.0. The molecule has 122 valence electrons. The normalized spacial score (nSPS) is 19.1.